The van der Waals surface area contributed by atoms with E-state index in [1.54, 1.807) is 46.4 Å². The number of hydrogen-bond acceptors (Lipinski definition) is 13. The van der Waals surface area contributed by atoms with Crippen molar-refractivity contribution in [1.29, 1.82) is 0 Å². The second-order valence-electron chi connectivity index (χ2n) is 24.1. The first-order valence-electron chi connectivity index (χ1n) is 28.6. The molecule has 5 N–H and O–H groups in total. The molecule has 3 aliphatic rings. The maximum atomic E-state index is 14.8. The van der Waals surface area contributed by atoms with Gasteiger partial charge < -0.3 is 59.0 Å². The molecule has 1 unspecified atom stereocenters. The number of carbonyl (C=O) groups is 2. The highest BCUT2D eigenvalue weighted by Gasteiger charge is 2.55. The van der Waals surface area contributed by atoms with E-state index in [9.17, 15) is 35.1 Å². The summed E-state index contributed by atoms with van der Waals surface area (Å²) in [5.41, 5.74) is -4.76. The second kappa shape index (κ2) is 26.9. The Bertz CT molecular complexity index is 2200. The van der Waals surface area contributed by atoms with Gasteiger partial charge in [0.05, 0.1) is 53.7 Å². The van der Waals surface area contributed by atoms with E-state index in [1.807, 2.05) is 39.8 Å². The summed E-state index contributed by atoms with van der Waals surface area (Å²) in [6.07, 6.45) is -3.45. The van der Waals surface area contributed by atoms with Crippen molar-refractivity contribution in [1.82, 2.24) is 9.80 Å². The number of esters is 1. The smallest absolute Gasteiger partial charge is 0.309 e. The van der Waals surface area contributed by atoms with Gasteiger partial charge in [0.25, 0.3) is 0 Å². The van der Waals surface area contributed by atoms with Crippen molar-refractivity contribution in [2.75, 3.05) is 33.9 Å². The minimum Gasteiger partial charge on any atom is -0.459 e. The highest BCUT2D eigenvalue weighted by atomic mass is 31.2. The molecule has 6 rings (SSSR count). The van der Waals surface area contributed by atoms with Crippen molar-refractivity contribution in [3.8, 4) is 0 Å². The standard InChI is InChI=1S/C62H96N2O12P/c1-14-51-62(10,71)55(67)44(6)64(52(65)34-26-15-16-27-35-77(46-28-20-17-21-29-46,47-30-22-18-23-31-47)48-32-24-19-25-33-48)39-40(2)37-60(8,70)57(76-59-54(66)49(63(11)12)36-41(3)73-59)42(4)53(43(5)58(69)75-51)50-38-61(9,72-13)56(68)45(7)74-50/h17-25,28-33,40-45,49-51,53-57,59,66-68,70-71H,14-16,26-27,34-39H2,1-13H3/q+1/t40-,41-,42+,43-,44-,45+,49+,50?,51-,53+,54-,55-,56+,57-,59+,60-,61-,62-/m1/s1. The molecule has 3 aromatic rings. The van der Waals surface area contributed by atoms with Crippen LogP contribution in [-0.2, 0) is 33.3 Å². The van der Waals surface area contributed by atoms with E-state index in [4.69, 9.17) is 23.7 Å². The normalized spacial score (nSPS) is 37.2. The molecule has 0 radical (unpaired) electrons. The van der Waals surface area contributed by atoms with E-state index in [0.29, 0.717) is 12.8 Å². The van der Waals surface area contributed by atoms with Crippen LogP contribution in [0.1, 0.15) is 127 Å². The highest BCUT2D eigenvalue weighted by molar-refractivity contribution is 7.95. The topological polar surface area (TPSA) is 188 Å². The number of rotatable bonds is 16. The number of likely N-dealkylation sites (N-methyl/N-ethyl adjacent to an activating group) is 1. The van der Waals surface area contributed by atoms with Crippen LogP contribution >= 0.6 is 7.26 Å². The Morgan fingerprint density at radius 3 is 1.84 bits per heavy atom. The number of methoxy groups -OCH3 is 1. The Morgan fingerprint density at radius 1 is 0.779 bits per heavy atom. The molecule has 77 heavy (non-hydrogen) atoms. The second-order valence-corrected chi connectivity index (χ2v) is 27.7. The lowest BCUT2D eigenvalue weighted by atomic mass is 9.68. The number of aliphatic hydroxyl groups excluding tert-OH is 3. The number of cyclic esters (lactones) is 1. The molecule has 3 saturated heterocycles. The number of unbranched alkanes of at least 4 members (excludes halogenated alkanes) is 3. The zero-order valence-electron chi connectivity index (χ0n) is 48.5. The third kappa shape index (κ3) is 14.2. The molecular weight excluding hydrogens is 996 g/mol. The molecule has 1 amide bonds. The molecule has 0 spiro atoms. The van der Waals surface area contributed by atoms with Gasteiger partial charge in [0.15, 0.2) is 6.29 Å². The van der Waals surface area contributed by atoms with Gasteiger partial charge in [-0.3, -0.25) is 9.59 Å². The van der Waals surface area contributed by atoms with Gasteiger partial charge in [0.2, 0.25) is 5.91 Å². The number of ether oxygens (including phenoxy) is 5. The van der Waals surface area contributed by atoms with Gasteiger partial charge in [-0.15, -0.1) is 0 Å². The Morgan fingerprint density at radius 2 is 1.32 bits per heavy atom. The predicted molar refractivity (Wildman–Crippen MR) is 305 cm³/mol. The fourth-order valence-electron chi connectivity index (χ4n) is 13.4. The predicted octanol–water partition coefficient (Wildman–Crippen LogP) is 7.02. The van der Waals surface area contributed by atoms with Crippen molar-refractivity contribution < 1.29 is 58.8 Å². The molecule has 18 atom stereocenters. The molecular formula is C62H96N2O12P+. The first-order valence-corrected chi connectivity index (χ1v) is 30.5. The van der Waals surface area contributed by atoms with E-state index in [-0.39, 0.29) is 50.3 Å². The fourth-order valence-corrected chi connectivity index (χ4v) is 17.8. The van der Waals surface area contributed by atoms with E-state index in [1.165, 1.54) is 29.9 Å². The van der Waals surface area contributed by atoms with Gasteiger partial charge in [-0.25, -0.2) is 0 Å². The van der Waals surface area contributed by atoms with Gasteiger partial charge in [0.1, 0.15) is 53.2 Å². The Labute approximate surface area is 461 Å². The zero-order chi connectivity index (χ0) is 56.6. The maximum absolute atomic E-state index is 14.8. The minimum atomic E-state index is -2.02. The van der Waals surface area contributed by atoms with Crippen molar-refractivity contribution in [2.45, 2.75) is 211 Å². The molecule has 0 saturated carbocycles. The Hall–Kier alpha value is -3.37. The number of nitrogens with zero attached hydrogens (tertiary/aromatic N) is 2. The lowest BCUT2D eigenvalue weighted by molar-refractivity contribution is -0.302. The largest absolute Gasteiger partial charge is 0.459 e. The number of hydrogen-bond donors (Lipinski definition) is 5. The summed E-state index contributed by atoms with van der Waals surface area (Å²) in [6.45, 7) is 17.8. The summed E-state index contributed by atoms with van der Waals surface area (Å²) in [6, 6.07) is 31.2. The van der Waals surface area contributed by atoms with Crippen LogP contribution in [0, 0.1) is 23.7 Å². The van der Waals surface area contributed by atoms with Crippen molar-refractivity contribution in [2.24, 2.45) is 23.7 Å². The Balaban J connectivity index is 1.31. The average molecular weight is 1090 g/mol. The molecule has 15 heteroatoms. The van der Waals surface area contributed by atoms with Crippen LogP contribution in [-0.4, -0.2) is 165 Å². The lowest BCUT2D eigenvalue weighted by Crippen LogP contribution is -2.61. The molecule has 430 valence electrons. The summed E-state index contributed by atoms with van der Waals surface area (Å²) < 4.78 is 32.2. The third-order valence-corrected chi connectivity index (χ3v) is 22.3. The van der Waals surface area contributed by atoms with Crippen molar-refractivity contribution in [3.63, 3.8) is 0 Å². The summed E-state index contributed by atoms with van der Waals surface area (Å²) in [5, 5.41) is 65.1. The van der Waals surface area contributed by atoms with Crippen LogP contribution in [0.15, 0.2) is 91.0 Å². The van der Waals surface area contributed by atoms with Crippen LogP contribution in [0.3, 0.4) is 0 Å². The number of carbonyl (C=O) groups excluding carboxylic acids is 2. The molecule has 0 aliphatic carbocycles. The van der Waals surface area contributed by atoms with E-state index in [2.05, 4.69) is 91.0 Å². The van der Waals surface area contributed by atoms with Crippen LogP contribution in [0.25, 0.3) is 0 Å². The minimum absolute atomic E-state index is 0.0924. The lowest BCUT2D eigenvalue weighted by Gasteiger charge is -2.51. The molecule has 3 aliphatic heterocycles. The first-order chi connectivity index (χ1) is 36.3. The van der Waals surface area contributed by atoms with Gasteiger partial charge in [0, 0.05) is 38.5 Å². The molecule has 3 heterocycles. The summed E-state index contributed by atoms with van der Waals surface area (Å²) in [4.78, 5) is 33.2. The third-order valence-electron chi connectivity index (χ3n) is 17.8. The Kier molecular flexibility index (Phi) is 22.0. The number of amides is 1. The zero-order valence-corrected chi connectivity index (χ0v) is 49.4. The fraction of sp³-hybridized carbons (Fsp3) is 0.677. The quantitative estimate of drug-likeness (QED) is 0.0561. The maximum Gasteiger partial charge on any atom is 0.309 e. The van der Waals surface area contributed by atoms with Crippen molar-refractivity contribution >= 4 is 35.1 Å². The highest BCUT2D eigenvalue weighted by Crippen LogP contribution is 2.56. The summed E-state index contributed by atoms with van der Waals surface area (Å²) in [7, 11) is 3.30. The van der Waals surface area contributed by atoms with Gasteiger partial charge >= 0.3 is 5.97 Å². The monoisotopic (exact) mass is 1090 g/mol. The van der Waals surface area contributed by atoms with Crippen LogP contribution in [0.5, 0.6) is 0 Å². The molecule has 3 fully saturated rings. The van der Waals surface area contributed by atoms with Gasteiger partial charge in [-0.2, -0.15) is 0 Å². The van der Waals surface area contributed by atoms with Gasteiger partial charge in [-0.05, 0) is 142 Å². The van der Waals surface area contributed by atoms with Crippen LogP contribution in [0.4, 0.5) is 0 Å². The average Bonchev–Trinajstić information content (AvgIpc) is 3.43. The molecule has 3 aromatic carbocycles. The van der Waals surface area contributed by atoms with Crippen molar-refractivity contribution in [3.05, 3.63) is 91.0 Å². The van der Waals surface area contributed by atoms with Crippen LogP contribution in [0.2, 0.25) is 0 Å². The molecule has 0 aromatic heterocycles. The van der Waals surface area contributed by atoms with E-state index in [0.717, 1.165) is 25.4 Å². The van der Waals surface area contributed by atoms with Crippen LogP contribution < -0.4 is 15.9 Å². The summed E-state index contributed by atoms with van der Waals surface area (Å²) >= 11 is 0. The SMILES string of the molecule is CC[C@H]1OC(=O)[C@H](C)[C@@H](C2C[C@@](C)(OC)[C@@H](O)[C@H](C)O2)[C@H](C)[C@@H](O[C@@H]2O[C@H](C)C[C@H](N(C)C)[C@H]2O)[C@](C)(O)C[C@@H](C)CN(C(=O)CCCCCC[P+](c2ccccc2)(c2ccccc2)c2ccccc2)[C@H](C)[C@@H](O)[C@]1(C)O. The first kappa shape index (κ1) is 62.8. The molecule has 14 nitrogen and oxygen atoms in total. The molecule has 0 bridgehead atoms. The summed E-state index contributed by atoms with van der Waals surface area (Å²) in [5.74, 6) is -3.70. The number of aliphatic hydroxyl groups is 5. The van der Waals surface area contributed by atoms with Gasteiger partial charge in [-0.1, -0.05) is 88.7 Å². The van der Waals surface area contributed by atoms with E-state index < -0.39 is 109 Å². The number of benzene rings is 3. The van der Waals surface area contributed by atoms with E-state index >= 15 is 0 Å².